The summed E-state index contributed by atoms with van der Waals surface area (Å²) in [5, 5.41) is 14.7. The number of aromatic amines is 2. The largest absolute Gasteiger partial charge is 0.323 e. The van der Waals surface area contributed by atoms with Gasteiger partial charge in [-0.15, -0.1) is 10.2 Å². The van der Waals surface area contributed by atoms with Crippen molar-refractivity contribution in [3.63, 3.8) is 0 Å². The highest BCUT2D eigenvalue weighted by atomic mass is 16.1. The van der Waals surface area contributed by atoms with Gasteiger partial charge in [-0.2, -0.15) is 9.50 Å². The first-order valence-corrected chi connectivity index (χ1v) is 6.55. The molecule has 0 bridgehead atoms. The van der Waals surface area contributed by atoms with Crippen molar-refractivity contribution >= 4 is 16.8 Å². The molecule has 0 atom stereocenters. The van der Waals surface area contributed by atoms with Gasteiger partial charge in [0, 0.05) is 18.1 Å². The molecule has 3 aromatic heterocycles. The van der Waals surface area contributed by atoms with E-state index in [1.54, 1.807) is 0 Å². The van der Waals surface area contributed by atoms with Crippen molar-refractivity contribution in [1.82, 2.24) is 35.0 Å². The number of aryl methyl sites for hydroxylation is 1. The molecular weight excluding hydrogens is 270 g/mol. The minimum atomic E-state index is -0.216. The molecule has 0 aliphatic carbocycles. The van der Waals surface area contributed by atoms with Gasteiger partial charge in [0.2, 0.25) is 5.78 Å². The maximum Gasteiger partial charge on any atom is 0.276 e. The zero-order valence-corrected chi connectivity index (χ0v) is 11.2. The second-order valence-electron chi connectivity index (χ2n) is 4.68. The second kappa shape index (κ2) is 4.23. The lowest BCUT2D eigenvalue weighted by Gasteiger charge is -2.01. The smallest absolute Gasteiger partial charge is 0.276 e. The van der Waals surface area contributed by atoms with Crippen LogP contribution >= 0.6 is 0 Å². The summed E-state index contributed by atoms with van der Waals surface area (Å²) in [4.78, 5) is 19.5. The Bertz CT molecular complexity index is 1010. The van der Waals surface area contributed by atoms with E-state index in [2.05, 4.69) is 30.5 Å². The zero-order chi connectivity index (χ0) is 14.4. The first-order valence-electron chi connectivity index (χ1n) is 6.55. The monoisotopic (exact) mass is 281 g/mol. The fourth-order valence-corrected chi connectivity index (χ4v) is 2.24. The number of aromatic nitrogens is 7. The minimum absolute atomic E-state index is 0.216. The van der Waals surface area contributed by atoms with Gasteiger partial charge in [-0.1, -0.05) is 18.2 Å². The molecule has 3 heterocycles. The number of hydrogen-bond acceptors (Lipinski definition) is 5. The molecule has 0 amide bonds. The predicted octanol–water partition coefficient (Wildman–Crippen LogP) is 0.918. The first kappa shape index (κ1) is 11.8. The van der Waals surface area contributed by atoms with Crippen LogP contribution in [0, 0.1) is 0 Å². The van der Waals surface area contributed by atoms with Crippen molar-refractivity contribution in [2.24, 2.45) is 0 Å². The molecule has 4 aromatic rings. The molecule has 4 rings (SSSR count). The Morgan fingerprint density at radius 3 is 3.05 bits per heavy atom. The Kier molecular flexibility index (Phi) is 2.37. The molecule has 0 fully saturated rings. The average Bonchev–Trinajstić information content (AvgIpc) is 3.12. The van der Waals surface area contributed by atoms with Crippen LogP contribution in [0.2, 0.25) is 0 Å². The lowest BCUT2D eigenvalue weighted by molar-refractivity contribution is 0.855. The number of rotatable bonds is 2. The number of hydrogen-bond donors (Lipinski definition) is 2. The summed E-state index contributed by atoms with van der Waals surface area (Å²) in [6, 6.07) is 7.12. The number of benzene rings is 1. The third-order valence-electron chi connectivity index (χ3n) is 3.33. The quantitative estimate of drug-likeness (QED) is 0.568. The van der Waals surface area contributed by atoms with Crippen LogP contribution in [0.15, 0.2) is 29.1 Å². The molecule has 1 aromatic carbocycles. The van der Waals surface area contributed by atoms with Crippen LogP contribution in [-0.4, -0.2) is 35.0 Å². The Morgan fingerprint density at radius 1 is 1.29 bits per heavy atom. The highest BCUT2D eigenvalue weighted by Gasteiger charge is 2.09. The van der Waals surface area contributed by atoms with Gasteiger partial charge in [-0.3, -0.25) is 9.89 Å². The molecule has 8 heteroatoms. The van der Waals surface area contributed by atoms with E-state index in [0.717, 1.165) is 16.6 Å². The van der Waals surface area contributed by atoms with Crippen LogP contribution in [0.5, 0.6) is 0 Å². The number of nitrogens with zero attached hydrogens (tertiary/aromatic N) is 5. The molecule has 0 saturated carbocycles. The lowest BCUT2D eigenvalue weighted by Crippen LogP contribution is -2.14. The molecule has 0 radical (unpaired) electrons. The van der Waals surface area contributed by atoms with Gasteiger partial charge in [0.1, 0.15) is 5.52 Å². The van der Waals surface area contributed by atoms with E-state index in [1.807, 2.05) is 25.1 Å². The first-order chi connectivity index (χ1) is 10.2. The maximum absolute atomic E-state index is 12.1. The molecule has 8 nitrogen and oxygen atoms in total. The second-order valence-corrected chi connectivity index (χ2v) is 4.68. The average molecular weight is 281 g/mol. The summed E-state index contributed by atoms with van der Waals surface area (Å²) < 4.78 is 1.27. The van der Waals surface area contributed by atoms with Crippen LogP contribution in [0.3, 0.4) is 0 Å². The number of H-pyrrole nitrogens is 2. The van der Waals surface area contributed by atoms with Crippen LogP contribution in [0.25, 0.3) is 28.1 Å². The van der Waals surface area contributed by atoms with Crippen molar-refractivity contribution in [2.45, 2.75) is 13.3 Å². The highest BCUT2D eigenvalue weighted by molar-refractivity contribution is 5.80. The molecule has 2 N–H and O–H groups in total. The SMILES string of the molecule is CCc1nc2[nH]c(-c3ccc4[nH]nnc4c3)cc(=O)n2n1. The van der Waals surface area contributed by atoms with E-state index >= 15 is 0 Å². The van der Waals surface area contributed by atoms with Crippen LogP contribution in [0.1, 0.15) is 12.7 Å². The molecule has 21 heavy (non-hydrogen) atoms. The van der Waals surface area contributed by atoms with E-state index in [9.17, 15) is 4.79 Å². The fraction of sp³-hybridized carbons (Fsp3) is 0.154. The Morgan fingerprint density at radius 2 is 2.19 bits per heavy atom. The molecule has 0 aliphatic heterocycles. The zero-order valence-electron chi connectivity index (χ0n) is 11.2. The van der Waals surface area contributed by atoms with Crippen LogP contribution < -0.4 is 5.56 Å². The van der Waals surface area contributed by atoms with Gasteiger partial charge in [0.05, 0.1) is 11.2 Å². The number of nitrogens with one attached hydrogen (secondary N) is 2. The van der Waals surface area contributed by atoms with E-state index in [4.69, 9.17) is 0 Å². The van der Waals surface area contributed by atoms with Gasteiger partial charge in [-0.25, -0.2) is 0 Å². The van der Waals surface area contributed by atoms with Crippen molar-refractivity contribution in [2.75, 3.05) is 0 Å². The third kappa shape index (κ3) is 1.80. The summed E-state index contributed by atoms with van der Waals surface area (Å²) in [6.45, 7) is 1.94. The Hall–Kier alpha value is -3.03. The van der Waals surface area contributed by atoms with Crippen molar-refractivity contribution in [1.29, 1.82) is 0 Å². The molecule has 0 aliphatic rings. The van der Waals surface area contributed by atoms with E-state index in [0.29, 0.717) is 23.7 Å². The Balaban J connectivity index is 1.94. The molecule has 0 unspecified atom stereocenters. The number of fused-ring (bicyclic) bond motifs is 2. The van der Waals surface area contributed by atoms with Gasteiger partial charge in [-0.05, 0) is 12.1 Å². The fourth-order valence-electron chi connectivity index (χ4n) is 2.24. The van der Waals surface area contributed by atoms with Crippen molar-refractivity contribution < 1.29 is 0 Å². The summed E-state index contributed by atoms with van der Waals surface area (Å²) >= 11 is 0. The predicted molar refractivity (Wildman–Crippen MR) is 75.9 cm³/mol. The molecular formula is C13H11N7O. The topological polar surface area (TPSA) is 105 Å². The molecule has 104 valence electrons. The Labute approximate surface area is 117 Å². The van der Waals surface area contributed by atoms with Crippen LogP contribution in [-0.2, 0) is 6.42 Å². The van der Waals surface area contributed by atoms with E-state index in [-0.39, 0.29) is 5.56 Å². The maximum atomic E-state index is 12.1. The third-order valence-corrected chi connectivity index (χ3v) is 3.33. The van der Waals surface area contributed by atoms with Gasteiger partial charge < -0.3 is 4.98 Å². The summed E-state index contributed by atoms with van der Waals surface area (Å²) in [5.41, 5.74) is 2.89. The highest BCUT2D eigenvalue weighted by Crippen LogP contribution is 2.19. The van der Waals surface area contributed by atoms with E-state index in [1.165, 1.54) is 10.6 Å². The van der Waals surface area contributed by atoms with Gasteiger partial charge >= 0.3 is 0 Å². The normalized spacial score (nSPS) is 11.5. The molecule has 0 saturated heterocycles. The summed E-state index contributed by atoms with van der Waals surface area (Å²) in [7, 11) is 0. The molecule has 0 spiro atoms. The summed E-state index contributed by atoms with van der Waals surface area (Å²) in [5.74, 6) is 1.07. The van der Waals surface area contributed by atoms with Crippen molar-refractivity contribution in [3.05, 3.63) is 40.4 Å². The van der Waals surface area contributed by atoms with Gasteiger partial charge in [0.15, 0.2) is 5.82 Å². The lowest BCUT2D eigenvalue weighted by atomic mass is 10.1. The van der Waals surface area contributed by atoms with E-state index < -0.39 is 0 Å². The van der Waals surface area contributed by atoms with Crippen molar-refractivity contribution in [3.8, 4) is 11.3 Å². The minimum Gasteiger partial charge on any atom is -0.323 e. The van der Waals surface area contributed by atoms with Crippen LogP contribution in [0.4, 0.5) is 0 Å². The standard InChI is InChI=1S/C13H11N7O/c1-2-11-15-13-14-9(6-12(21)20(13)18-11)7-3-4-8-10(5-7)17-19-16-8/h3-6H,2H2,1H3,(H,14,15,18)(H,16,17,19). The summed E-state index contributed by atoms with van der Waals surface area (Å²) in [6.07, 6.45) is 0.676. The van der Waals surface area contributed by atoms with Gasteiger partial charge in [0.25, 0.3) is 5.56 Å².